The maximum atomic E-state index is 5.45. The van der Waals surface area contributed by atoms with Crippen molar-refractivity contribution in [1.29, 1.82) is 0 Å². The summed E-state index contributed by atoms with van der Waals surface area (Å²) >= 11 is 1.69. The van der Waals surface area contributed by atoms with E-state index in [1.54, 1.807) is 11.3 Å². The first-order valence-electron chi connectivity index (χ1n) is 5.17. The summed E-state index contributed by atoms with van der Waals surface area (Å²) in [6.07, 6.45) is 2.38. The van der Waals surface area contributed by atoms with E-state index < -0.39 is 0 Å². The van der Waals surface area contributed by atoms with Crippen molar-refractivity contribution in [3.8, 4) is 0 Å². The second-order valence-electron chi connectivity index (χ2n) is 3.52. The fourth-order valence-corrected chi connectivity index (χ4v) is 2.54. The average molecular weight is 212 g/mol. The molecule has 4 heteroatoms. The Labute approximate surface area is 88.5 Å². The number of ether oxygens (including phenoxy) is 1. The van der Waals surface area contributed by atoms with E-state index in [2.05, 4.69) is 22.6 Å². The fourth-order valence-electron chi connectivity index (χ4n) is 1.68. The lowest BCUT2D eigenvalue weighted by Gasteiger charge is -2.19. The van der Waals surface area contributed by atoms with Gasteiger partial charge in [-0.1, -0.05) is 0 Å². The number of rotatable bonds is 3. The Morgan fingerprint density at radius 1 is 1.71 bits per heavy atom. The summed E-state index contributed by atoms with van der Waals surface area (Å²) in [6.45, 7) is 4.79. The Hall–Kier alpha value is -0.610. The second-order valence-corrected chi connectivity index (χ2v) is 4.38. The number of nitrogens with one attached hydrogen (secondary N) is 1. The van der Waals surface area contributed by atoms with E-state index in [-0.39, 0.29) is 0 Å². The average Bonchev–Trinajstić information content (AvgIpc) is 2.68. The first kappa shape index (κ1) is 9.93. The van der Waals surface area contributed by atoms with E-state index in [9.17, 15) is 0 Å². The van der Waals surface area contributed by atoms with Gasteiger partial charge in [0.15, 0.2) is 5.13 Å². The molecule has 78 valence electrons. The van der Waals surface area contributed by atoms with Crippen molar-refractivity contribution < 1.29 is 4.74 Å². The van der Waals surface area contributed by atoms with Crippen LogP contribution in [0.4, 0.5) is 5.13 Å². The predicted octanol–water partition coefficient (Wildman–Crippen LogP) is 2.47. The van der Waals surface area contributed by atoms with Gasteiger partial charge in [0.2, 0.25) is 0 Å². The van der Waals surface area contributed by atoms with Crippen LogP contribution >= 0.6 is 11.3 Å². The smallest absolute Gasteiger partial charge is 0.182 e. The molecule has 0 aromatic carbocycles. The van der Waals surface area contributed by atoms with Gasteiger partial charge < -0.3 is 10.1 Å². The van der Waals surface area contributed by atoms with Crippen molar-refractivity contribution in [3.63, 3.8) is 0 Å². The Bertz CT molecular complexity index is 281. The Kier molecular flexibility index (Phi) is 3.37. The molecule has 2 rings (SSSR count). The molecule has 3 nitrogen and oxygen atoms in total. The zero-order valence-corrected chi connectivity index (χ0v) is 9.27. The summed E-state index contributed by atoms with van der Waals surface area (Å²) in [6, 6.07) is 0. The number of thiazole rings is 1. The van der Waals surface area contributed by atoms with Crippen LogP contribution in [0.5, 0.6) is 0 Å². The largest absolute Gasteiger partial charge is 0.381 e. The van der Waals surface area contributed by atoms with Crippen LogP contribution in [-0.4, -0.2) is 24.7 Å². The van der Waals surface area contributed by atoms with Crippen LogP contribution < -0.4 is 5.32 Å². The lowest BCUT2D eigenvalue weighted by molar-refractivity contribution is 0.0795. The van der Waals surface area contributed by atoms with E-state index in [0.717, 1.165) is 24.9 Å². The molecule has 1 unspecified atom stereocenters. The Morgan fingerprint density at radius 2 is 2.64 bits per heavy atom. The van der Waals surface area contributed by atoms with Crippen molar-refractivity contribution in [2.45, 2.75) is 25.7 Å². The Morgan fingerprint density at radius 3 is 3.36 bits per heavy atom. The highest BCUT2D eigenvalue weighted by Gasteiger charge is 2.18. The SMILES string of the molecule is CCNc1nc(C2CCCOC2)cs1. The van der Waals surface area contributed by atoms with Crippen molar-refractivity contribution in [3.05, 3.63) is 11.1 Å². The highest BCUT2D eigenvalue weighted by Crippen LogP contribution is 2.28. The monoisotopic (exact) mass is 212 g/mol. The fraction of sp³-hybridized carbons (Fsp3) is 0.700. The van der Waals surface area contributed by atoms with Gasteiger partial charge in [-0.2, -0.15) is 0 Å². The van der Waals surface area contributed by atoms with Gasteiger partial charge in [-0.05, 0) is 19.8 Å². The molecule has 1 aliphatic rings. The van der Waals surface area contributed by atoms with Gasteiger partial charge >= 0.3 is 0 Å². The molecule has 14 heavy (non-hydrogen) atoms. The number of nitrogens with zero attached hydrogens (tertiary/aromatic N) is 1. The van der Waals surface area contributed by atoms with Gasteiger partial charge in [0.1, 0.15) is 0 Å². The van der Waals surface area contributed by atoms with Crippen molar-refractivity contribution in [2.24, 2.45) is 0 Å². The van der Waals surface area contributed by atoms with Crippen molar-refractivity contribution in [2.75, 3.05) is 25.1 Å². The summed E-state index contributed by atoms with van der Waals surface area (Å²) in [4.78, 5) is 4.55. The third kappa shape index (κ3) is 2.25. The minimum absolute atomic E-state index is 0.521. The van der Waals surface area contributed by atoms with Gasteiger partial charge in [0.25, 0.3) is 0 Å². The number of anilines is 1. The molecule has 1 N–H and O–H groups in total. The molecular weight excluding hydrogens is 196 g/mol. The first-order valence-corrected chi connectivity index (χ1v) is 6.05. The lowest BCUT2D eigenvalue weighted by Crippen LogP contribution is -2.15. The molecule has 1 fully saturated rings. The normalized spacial score (nSPS) is 22.2. The standard InChI is InChI=1S/C10H16N2OS/c1-2-11-10-12-9(7-14-10)8-4-3-5-13-6-8/h7-8H,2-6H2,1H3,(H,11,12). The van der Waals surface area contributed by atoms with Crippen molar-refractivity contribution in [1.82, 2.24) is 4.98 Å². The maximum absolute atomic E-state index is 5.45. The number of hydrogen-bond donors (Lipinski definition) is 1. The summed E-state index contributed by atoms with van der Waals surface area (Å²) in [5.41, 5.74) is 1.20. The second kappa shape index (κ2) is 4.75. The molecule has 0 radical (unpaired) electrons. The predicted molar refractivity (Wildman–Crippen MR) is 59.1 cm³/mol. The molecule has 0 aliphatic carbocycles. The quantitative estimate of drug-likeness (QED) is 0.835. The summed E-state index contributed by atoms with van der Waals surface area (Å²) < 4.78 is 5.45. The van der Waals surface area contributed by atoms with Crippen LogP contribution in [-0.2, 0) is 4.74 Å². The van der Waals surface area contributed by atoms with Crippen LogP contribution in [0.3, 0.4) is 0 Å². The van der Waals surface area contributed by atoms with Crippen molar-refractivity contribution >= 4 is 16.5 Å². The molecule has 0 saturated carbocycles. The molecule has 1 atom stereocenters. The molecule has 0 amide bonds. The van der Waals surface area contributed by atoms with Crippen LogP contribution in [0.1, 0.15) is 31.4 Å². The number of aromatic nitrogens is 1. The molecule has 0 spiro atoms. The van der Waals surface area contributed by atoms with Crippen LogP contribution in [0.15, 0.2) is 5.38 Å². The van der Waals surface area contributed by atoms with E-state index in [1.165, 1.54) is 18.5 Å². The third-order valence-electron chi connectivity index (χ3n) is 2.43. The lowest BCUT2D eigenvalue weighted by atomic mass is 10.00. The van der Waals surface area contributed by atoms with E-state index in [4.69, 9.17) is 4.74 Å². The minimum atomic E-state index is 0.521. The van der Waals surface area contributed by atoms with Gasteiger partial charge in [0, 0.05) is 24.4 Å². The molecule has 1 aromatic heterocycles. The molecule has 0 bridgehead atoms. The zero-order valence-electron chi connectivity index (χ0n) is 8.45. The van der Waals surface area contributed by atoms with Crippen LogP contribution in [0.25, 0.3) is 0 Å². The molecular formula is C10H16N2OS. The highest BCUT2D eigenvalue weighted by molar-refractivity contribution is 7.13. The maximum Gasteiger partial charge on any atom is 0.182 e. The van der Waals surface area contributed by atoms with Gasteiger partial charge in [0.05, 0.1) is 12.3 Å². The zero-order chi connectivity index (χ0) is 9.80. The first-order chi connectivity index (χ1) is 6.90. The minimum Gasteiger partial charge on any atom is -0.381 e. The van der Waals surface area contributed by atoms with Gasteiger partial charge in [-0.25, -0.2) is 4.98 Å². The van der Waals surface area contributed by atoms with E-state index in [0.29, 0.717) is 5.92 Å². The van der Waals surface area contributed by atoms with Crippen LogP contribution in [0.2, 0.25) is 0 Å². The molecule has 1 saturated heterocycles. The number of hydrogen-bond acceptors (Lipinski definition) is 4. The molecule has 1 aromatic rings. The third-order valence-corrected chi connectivity index (χ3v) is 3.25. The van der Waals surface area contributed by atoms with E-state index in [1.807, 2.05) is 0 Å². The summed E-state index contributed by atoms with van der Waals surface area (Å²) in [7, 11) is 0. The van der Waals surface area contributed by atoms with Crippen LogP contribution in [0, 0.1) is 0 Å². The molecule has 1 aliphatic heterocycles. The molecule has 2 heterocycles. The summed E-state index contributed by atoms with van der Waals surface area (Å²) in [5, 5.41) is 6.42. The highest BCUT2D eigenvalue weighted by atomic mass is 32.1. The van der Waals surface area contributed by atoms with Gasteiger partial charge in [-0.3, -0.25) is 0 Å². The van der Waals surface area contributed by atoms with E-state index >= 15 is 0 Å². The summed E-state index contributed by atoms with van der Waals surface area (Å²) in [5.74, 6) is 0.521. The van der Waals surface area contributed by atoms with Gasteiger partial charge in [-0.15, -0.1) is 11.3 Å². The topological polar surface area (TPSA) is 34.2 Å². The Balaban J connectivity index is 2.00.